The minimum absolute atomic E-state index is 0.120. The van der Waals surface area contributed by atoms with E-state index in [-0.39, 0.29) is 6.42 Å². The molecule has 0 fully saturated rings. The van der Waals surface area contributed by atoms with Gasteiger partial charge >= 0.3 is 5.97 Å². The number of hydrogen-bond acceptors (Lipinski definition) is 4. The molecule has 0 saturated heterocycles. The van der Waals surface area contributed by atoms with E-state index in [1.807, 2.05) is 0 Å². The summed E-state index contributed by atoms with van der Waals surface area (Å²) in [6.07, 6.45) is 0.0487. The molecule has 1 unspecified atom stereocenters. The zero-order valence-electron chi connectivity index (χ0n) is 7.70. The second-order valence-electron chi connectivity index (χ2n) is 2.42. The fourth-order valence-electron chi connectivity index (χ4n) is 0.677. The van der Waals surface area contributed by atoms with Crippen LogP contribution in [0.25, 0.3) is 0 Å². The normalized spacial score (nSPS) is 11.5. The van der Waals surface area contributed by atoms with Crippen LogP contribution in [-0.2, 0) is 19.1 Å². The van der Waals surface area contributed by atoms with E-state index in [1.54, 1.807) is 6.92 Å². The number of carbonyl (C=O) groups is 3. The Morgan fingerprint density at radius 1 is 1.46 bits per heavy atom. The Hall–Kier alpha value is -1.45. The standard InChI is InChI=1S/C9H12O4/c1-4-7(10)9(12)6(3)13-8(11)5-2/h5-6H,2,4H2,1,3H3. The molecule has 0 aromatic heterocycles. The quantitative estimate of drug-likeness (QED) is 0.357. The molecule has 0 aliphatic rings. The van der Waals surface area contributed by atoms with Gasteiger partial charge in [-0.15, -0.1) is 0 Å². The van der Waals surface area contributed by atoms with Crippen molar-refractivity contribution >= 4 is 17.5 Å². The second kappa shape index (κ2) is 5.24. The lowest BCUT2D eigenvalue weighted by molar-refractivity contribution is -0.152. The Labute approximate surface area is 76.6 Å². The molecule has 72 valence electrons. The van der Waals surface area contributed by atoms with Crippen molar-refractivity contribution in [1.29, 1.82) is 0 Å². The zero-order valence-corrected chi connectivity index (χ0v) is 7.70. The summed E-state index contributed by atoms with van der Waals surface area (Å²) in [6, 6.07) is 0. The van der Waals surface area contributed by atoms with Crippen LogP contribution in [0.4, 0.5) is 0 Å². The lowest BCUT2D eigenvalue weighted by Gasteiger charge is -2.08. The first-order chi connectivity index (χ1) is 6.02. The fourth-order valence-corrected chi connectivity index (χ4v) is 0.677. The van der Waals surface area contributed by atoms with E-state index in [2.05, 4.69) is 11.3 Å². The van der Waals surface area contributed by atoms with Crippen molar-refractivity contribution in [3.8, 4) is 0 Å². The number of carbonyl (C=O) groups excluding carboxylic acids is 3. The van der Waals surface area contributed by atoms with Crippen molar-refractivity contribution in [2.75, 3.05) is 0 Å². The largest absolute Gasteiger partial charge is 0.451 e. The van der Waals surface area contributed by atoms with Gasteiger partial charge in [-0.2, -0.15) is 0 Å². The number of ether oxygens (including phenoxy) is 1. The van der Waals surface area contributed by atoms with E-state index in [1.165, 1.54) is 6.92 Å². The van der Waals surface area contributed by atoms with Gasteiger partial charge in [0.15, 0.2) is 6.10 Å². The lowest BCUT2D eigenvalue weighted by atomic mass is 10.1. The fraction of sp³-hybridized carbons (Fsp3) is 0.444. The maximum absolute atomic E-state index is 11.1. The number of ketones is 2. The summed E-state index contributed by atoms with van der Waals surface area (Å²) < 4.78 is 4.56. The third kappa shape index (κ3) is 3.64. The molecule has 0 aliphatic heterocycles. The maximum Gasteiger partial charge on any atom is 0.330 e. The van der Waals surface area contributed by atoms with Crippen LogP contribution >= 0.6 is 0 Å². The van der Waals surface area contributed by atoms with Gasteiger partial charge in [-0.1, -0.05) is 13.5 Å². The average Bonchev–Trinajstić information content (AvgIpc) is 2.14. The topological polar surface area (TPSA) is 60.4 Å². The monoisotopic (exact) mass is 184 g/mol. The highest BCUT2D eigenvalue weighted by Crippen LogP contribution is 1.97. The van der Waals surface area contributed by atoms with Crippen molar-refractivity contribution in [2.45, 2.75) is 26.4 Å². The van der Waals surface area contributed by atoms with Crippen molar-refractivity contribution in [1.82, 2.24) is 0 Å². The molecule has 0 amide bonds. The smallest absolute Gasteiger partial charge is 0.330 e. The van der Waals surface area contributed by atoms with Crippen LogP contribution in [0.15, 0.2) is 12.7 Å². The predicted octanol–water partition coefficient (Wildman–Crippen LogP) is 0.652. The van der Waals surface area contributed by atoms with Gasteiger partial charge in [-0.3, -0.25) is 9.59 Å². The van der Waals surface area contributed by atoms with Gasteiger partial charge in [0.2, 0.25) is 11.6 Å². The van der Waals surface area contributed by atoms with Crippen LogP contribution in [0.3, 0.4) is 0 Å². The lowest BCUT2D eigenvalue weighted by Crippen LogP contribution is -2.29. The summed E-state index contributed by atoms with van der Waals surface area (Å²) in [6.45, 7) is 6.10. The van der Waals surface area contributed by atoms with Gasteiger partial charge in [-0.25, -0.2) is 4.79 Å². The Morgan fingerprint density at radius 3 is 2.38 bits per heavy atom. The molecule has 0 radical (unpaired) electrons. The van der Waals surface area contributed by atoms with E-state index < -0.39 is 23.6 Å². The molecule has 0 aromatic rings. The predicted molar refractivity (Wildman–Crippen MR) is 46.1 cm³/mol. The molecule has 0 spiro atoms. The highest BCUT2D eigenvalue weighted by molar-refractivity contribution is 6.38. The molecule has 4 heteroatoms. The van der Waals surface area contributed by atoms with Crippen molar-refractivity contribution in [3.63, 3.8) is 0 Å². The average molecular weight is 184 g/mol. The van der Waals surface area contributed by atoms with Crippen LogP contribution in [0, 0.1) is 0 Å². The Morgan fingerprint density at radius 2 is 2.00 bits per heavy atom. The molecular weight excluding hydrogens is 172 g/mol. The van der Waals surface area contributed by atoms with E-state index in [4.69, 9.17) is 0 Å². The summed E-state index contributed by atoms with van der Waals surface area (Å²) >= 11 is 0. The van der Waals surface area contributed by atoms with E-state index in [0.717, 1.165) is 6.08 Å². The molecule has 0 rings (SSSR count). The van der Waals surface area contributed by atoms with Crippen molar-refractivity contribution in [2.24, 2.45) is 0 Å². The summed E-state index contributed by atoms with van der Waals surface area (Å²) in [7, 11) is 0. The van der Waals surface area contributed by atoms with Crippen LogP contribution < -0.4 is 0 Å². The third-order valence-electron chi connectivity index (χ3n) is 1.42. The van der Waals surface area contributed by atoms with Gasteiger partial charge < -0.3 is 4.74 Å². The Balaban J connectivity index is 4.18. The summed E-state index contributed by atoms with van der Waals surface area (Å²) in [4.78, 5) is 32.6. The number of hydrogen-bond donors (Lipinski definition) is 0. The highest BCUT2D eigenvalue weighted by Gasteiger charge is 2.21. The molecule has 1 atom stereocenters. The van der Waals surface area contributed by atoms with Crippen LogP contribution in [0.2, 0.25) is 0 Å². The summed E-state index contributed by atoms with van der Waals surface area (Å²) in [5.41, 5.74) is 0. The van der Waals surface area contributed by atoms with Crippen LogP contribution in [0.1, 0.15) is 20.3 Å². The highest BCUT2D eigenvalue weighted by atomic mass is 16.5. The van der Waals surface area contributed by atoms with Gasteiger partial charge in [0.25, 0.3) is 0 Å². The molecule has 0 bridgehead atoms. The van der Waals surface area contributed by atoms with Crippen molar-refractivity contribution < 1.29 is 19.1 Å². The zero-order chi connectivity index (χ0) is 10.4. The first-order valence-electron chi connectivity index (χ1n) is 3.93. The van der Waals surface area contributed by atoms with Crippen molar-refractivity contribution in [3.05, 3.63) is 12.7 Å². The molecule has 0 aromatic carbocycles. The first kappa shape index (κ1) is 11.6. The molecule has 13 heavy (non-hydrogen) atoms. The molecule has 0 heterocycles. The Bertz CT molecular complexity index is 242. The Kier molecular flexibility index (Phi) is 4.66. The molecule has 4 nitrogen and oxygen atoms in total. The second-order valence-corrected chi connectivity index (χ2v) is 2.42. The van der Waals surface area contributed by atoms with Gasteiger partial charge in [0.1, 0.15) is 0 Å². The van der Waals surface area contributed by atoms with Gasteiger partial charge in [0.05, 0.1) is 0 Å². The minimum Gasteiger partial charge on any atom is -0.451 e. The number of esters is 1. The van der Waals surface area contributed by atoms with E-state index in [0.29, 0.717) is 0 Å². The van der Waals surface area contributed by atoms with Crippen LogP contribution in [0.5, 0.6) is 0 Å². The third-order valence-corrected chi connectivity index (χ3v) is 1.42. The van der Waals surface area contributed by atoms with E-state index >= 15 is 0 Å². The van der Waals surface area contributed by atoms with Crippen LogP contribution in [-0.4, -0.2) is 23.6 Å². The summed E-state index contributed by atoms with van der Waals surface area (Å²) in [5.74, 6) is -1.92. The molecule has 0 saturated carbocycles. The molecular formula is C9H12O4. The maximum atomic E-state index is 11.1. The minimum atomic E-state index is -1.02. The van der Waals surface area contributed by atoms with Gasteiger partial charge in [0, 0.05) is 12.5 Å². The molecule has 0 N–H and O–H groups in total. The first-order valence-corrected chi connectivity index (χ1v) is 3.93. The number of rotatable bonds is 5. The summed E-state index contributed by atoms with van der Waals surface area (Å²) in [5, 5.41) is 0. The molecule has 0 aliphatic carbocycles. The van der Waals surface area contributed by atoms with Gasteiger partial charge in [-0.05, 0) is 6.92 Å². The SMILES string of the molecule is C=CC(=O)OC(C)C(=O)C(=O)CC. The van der Waals surface area contributed by atoms with E-state index in [9.17, 15) is 14.4 Å². The number of Topliss-reactive ketones (excluding diaryl/α,β-unsaturated/α-hetero) is 2.